The molecular formula is C19H33ClN6OS+2. The van der Waals surface area contributed by atoms with Crippen molar-refractivity contribution >= 4 is 35.1 Å². The first kappa shape index (κ1) is 21.6. The third kappa shape index (κ3) is 6.76. The van der Waals surface area contributed by atoms with Gasteiger partial charge in [0.25, 0.3) is 0 Å². The molecule has 1 aromatic heterocycles. The number of hydrogen-bond donors (Lipinski definition) is 3. The van der Waals surface area contributed by atoms with Gasteiger partial charge in [-0.1, -0.05) is 23.4 Å². The lowest BCUT2D eigenvalue weighted by atomic mass is 10.1. The van der Waals surface area contributed by atoms with Crippen LogP contribution in [0.1, 0.15) is 26.2 Å². The highest BCUT2D eigenvalue weighted by Crippen LogP contribution is 2.21. The van der Waals surface area contributed by atoms with Gasteiger partial charge >= 0.3 is 0 Å². The molecule has 2 fully saturated rings. The highest BCUT2D eigenvalue weighted by molar-refractivity contribution is 7.99. The standard InChI is InChI=1S/C19H31ClN6OS/c1-2-24-10-12-26(13-11-24)17-14-16(20)22-19(23-17)28-15-18(27)21-6-9-25-7-4-3-5-8-25/h14H,2-13,15H2,1H3,(H,21,27)/p+2. The summed E-state index contributed by atoms with van der Waals surface area (Å²) in [5.74, 6) is 1.22. The predicted molar refractivity (Wildman–Crippen MR) is 114 cm³/mol. The molecule has 0 saturated carbocycles. The van der Waals surface area contributed by atoms with Gasteiger partial charge in [-0.25, -0.2) is 9.97 Å². The molecule has 0 radical (unpaired) electrons. The first-order valence-electron chi connectivity index (χ1n) is 10.5. The summed E-state index contributed by atoms with van der Waals surface area (Å²) in [7, 11) is 0. The predicted octanol–water partition coefficient (Wildman–Crippen LogP) is -0.868. The number of aromatic nitrogens is 2. The van der Waals surface area contributed by atoms with Crippen LogP contribution < -0.4 is 20.0 Å². The van der Waals surface area contributed by atoms with Gasteiger partial charge in [0.05, 0.1) is 64.7 Å². The van der Waals surface area contributed by atoms with Gasteiger partial charge in [-0.3, -0.25) is 4.79 Å². The number of carbonyl (C=O) groups is 1. The number of anilines is 1. The minimum absolute atomic E-state index is 0.0340. The van der Waals surface area contributed by atoms with Crippen molar-refractivity contribution in [3.8, 4) is 0 Å². The molecule has 7 nitrogen and oxygen atoms in total. The zero-order valence-electron chi connectivity index (χ0n) is 16.8. The summed E-state index contributed by atoms with van der Waals surface area (Å²) < 4.78 is 0. The van der Waals surface area contributed by atoms with Crippen LogP contribution >= 0.6 is 23.4 Å². The topological polar surface area (TPSA) is 67.0 Å². The molecule has 0 bridgehead atoms. The number of thioether (sulfide) groups is 1. The molecule has 1 aromatic rings. The van der Waals surface area contributed by atoms with Crippen LogP contribution in [0.4, 0.5) is 5.82 Å². The van der Waals surface area contributed by atoms with Gasteiger partial charge < -0.3 is 20.0 Å². The van der Waals surface area contributed by atoms with Crippen LogP contribution in [0.2, 0.25) is 5.15 Å². The fourth-order valence-corrected chi connectivity index (χ4v) is 4.79. The Morgan fingerprint density at radius 1 is 1.18 bits per heavy atom. The zero-order chi connectivity index (χ0) is 19.8. The van der Waals surface area contributed by atoms with E-state index in [0.29, 0.717) is 16.1 Å². The third-order valence-electron chi connectivity index (χ3n) is 5.65. The van der Waals surface area contributed by atoms with E-state index in [1.807, 2.05) is 6.07 Å². The Balaban J connectivity index is 1.43. The fraction of sp³-hybridized carbons (Fsp3) is 0.737. The number of halogens is 1. The molecule has 0 unspecified atom stereocenters. The smallest absolute Gasteiger partial charge is 0.230 e. The van der Waals surface area contributed by atoms with Gasteiger partial charge in [-0.2, -0.15) is 0 Å². The summed E-state index contributed by atoms with van der Waals surface area (Å²) in [6.07, 6.45) is 3.97. The molecule has 3 heterocycles. The second-order valence-electron chi connectivity index (χ2n) is 7.62. The number of quaternary nitrogens is 2. The van der Waals surface area contributed by atoms with Crippen molar-refractivity contribution in [1.82, 2.24) is 15.3 Å². The molecule has 0 spiro atoms. The van der Waals surface area contributed by atoms with E-state index < -0.39 is 0 Å². The minimum Gasteiger partial charge on any atom is -0.350 e. The van der Waals surface area contributed by atoms with Gasteiger partial charge in [0.15, 0.2) is 5.16 Å². The molecular weight excluding hydrogens is 396 g/mol. The number of amides is 1. The summed E-state index contributed by atoms with van der Waals surface area (Å²) in [6, 6.07) is 1.82. The van der Waals surface area contributed by atoms with Crippen molar-refractivity contribution < 1.29 is 14.6 Å². The molecule has 28 heavy (non-hydrogen) atoms. The average molecular weight is 429 g/mol. The fourth-order valence-electron chi connectivity index (χ4n) is 3.88. The summed E-state index contributed by atoms with van der Waals surface area (Å²) >= 11 is 7.57. The van der Waals surface area contributed by atoms with Crippen molar-refractivity contribution in [2.75, 3.05) is 69.6 Å². The number of likely N-dealkylation sites (N-methyl/N-ethyl adjacent to an activating group) is 1. The van der Waals surface area contributed by atoms with E-state index in [4.69, 9.17) is 11.6 Å². The second-order valence-corrected chi connectivity index (χ2v) is 8.95. The van der Waals surface area contributed by atoms with Gasteiger partial charge in [0, 0.05) is 6.07 Å². The Morgan fingerprint density at radius 3 is 2.64 bits per heavy atom. The van der Waals surface area contributed by atoms with Crippen molar-refractivity contribution in [1.29, 1.82) is 0 Å². The monoisotopic (exact) mass is 428 g/mol. The normalized spacial score (nSPS) is 19.0. The lowest BCUT2D eigenvalue weighted by Crippen LogP contribution is -3.14. The lowest BCUT2D eigenvalue weighted by Gasteiger charge is -2.32. The molecule has 2 saturated heterocycles. The molecule has 3 rings (SSSR count). The van der Waals surface area contributed by atoms with Crippen molar-refractivity contribution in [2.24, 2.45) is 0 Å². The van der Waals surface area contributed by atoms with Crippen LogP contribution in [0.3, 0.4) is 0 Å². The van der Waals surface area contributed by atoms with Crippen LogP contribution in [0, 0.1) is 0 Å². The molecule has 0 aliphatic carbocycles. The Bertz CT molecular complexity index is 635. The van der Waals surface area contributed by atoms with Crippen LogP contribution in [-0.2, 0) is 4.79 Å². The number of rotatable bonds is 8. The molecule has 3 N–H and O–H groups in total. The second kappa shape index (κ2) is 11.2. The minimum atomic E-state index is 0.0340. The molecule has 1 amide bonds. The number of hydrogen-bond acceptors (Lipinski definition) is 5. The summed E-state index contributed by atoms with van der Waals surface area (Å²) in [5.41, 5.74) is 0. The summed E-state index contributed by atoms with van der Waals surface area (Å²) in [6.45, 7) is 11.8. The van der Waals surface area contributed by atoms with Crippen molar-refractivity contribution in [3.05, 3.63) is 11.2 Å². The largest absolute Gasteiger partial charge is 0.350 e. The van der Waals surface area contributed by atoms with Crippen molar-refractivity contribution in [3.63, 3.8) is 0 Å². The van der Waals surface area contributed by atoms with Crippen molar-refractivity contribution in [2.45, 2.75) is 31.3 Å². The van der Waals surface area contributed by atoms with E-state index in [1.165, 1.54) is 44.1 Å². The highest BCUT2D eigenvalue weighted by Gasteiger charge is 2.21. The summed E-state index contributed by atoms with van der Waals surface area (Å²) in [4.78, 5) is 26.6. The maximum atomic E-state index is 12.2. The molecule has 2 aliphatic rings. The van der Waals surface area contributed by atoms with Crippen LogP contribution in [0.25, 0.3) is 0 Å². The first-order valence-corrected chi connectivity index (χ1v) is 11.9. The van der Waals surface area contributed by atoms with E-state index in [0.717, 1.165) is 51.6 Å². The number of nitrogens with one attached hydrogen (secondary N) is 3. The first-order chi connectivity index (χ1) is 13.6. The Labute approximate surface area is 177 Å². The lowest BCUT2D eigenvalue weighted by molar-refractivity contribution is -0.903. The molecule has 9 heteroatoms. The third-order valence-corrected chi connectivity index (χ3v) is 6.69. The molecule has 0 aromatic carbocycles. The zero-order valence-corrected chi connectivity index (χ0v) is 18.4. The SMILES string of the molecule is CC[NH+]1CCN(c2cc(Cl)nc(SCC(=O)NCC[NH+]3CCCCC3)n2)CC1. The van der Waals surface area contributed by atoms with E-state index >= 15 is 0 Å². The van der Waals surface area contributed by atoms with E-state index in [2.05, 4.69) is 27.1 Å². The number of likely N-dealkylation sites (tertiary alicyclic amines) is 1. The van der Waals surface area contributed by atoms with Gasteiger partial charge in [-0.05, 0) is 26.2 Å². The molecule has 2 aliphatic heterocycles. The number of carbonyl (C=O) groups excluding carboxylic acids is 1. The quantitative estimate of drug-likeness (QED) is 0.285. The molecule has 156 valence electrons. The van der Waals surface area contributed by atoms with Gasteiger partial charge in [0.1, 0.15) is 11.0 Å². The van der Waals surface area contributed by atoms with E-state index in [1.54, 1.807) is 9.80 Å². The van der Waals surface area contributed by atoms with E-state index in [9.17, 15) is 4.79 Å². The maximum Gasteiger partial charge on any atom is 0.230 e. The number of piperazine rings is 1. The van der Waals surface area contributed by atoms with Crippen LogP contribution in [0.5, 0.6) is 0 Å². The Kier molecular flexibility index (Phi) is 8.64. The average Bonchev–Trinajstić information content (AvgIpc) is 2.73. The van der Waals surface area contributed by atoms with Crippen LogP contribution in [-0.4, -0.2) is 80.5 Å². The van der Waals surface area contributed by atoms with E-state index in [-0.39, 0.29) is 5.91 Å². The summed E-state index contributed by atoms with van der Waals surface area (Å²) in [5, 5.41) is 4.03. The van der Waals surface area contributed by atoms with Gasteiger partial charge in [0.2, 0.25) is 5.91 Å². The van der Waals surface area contributed by atoms with Crippen LogP contribution in [0.15, 0.2) is 11.2 Å². The Morgan fingerprint density at radius 2 is 1.93 bits per heavy atom. The van der Waals surface area contributed by atoms with Gasteiger partial charge in [-0.15, -0.1) is 0 Å². The maximum absolute atomic E-state index is 12.2. The highest BCUT2D eigenvalue weighted by atomic mass is 35.5. The molecule has 0 atom stereocenters. The number of nitrogens with zero attached hydrogens (tertiary/aromatic N) is 3. The number of piperidine rings is 1. The Hall–Kier alpha value is -1.09.